The van der Waals surface area contributed by atoms with E-state index in [0.29, 0.717) is 18.5 Å². The highest BCUT2D eigenvalue weighted by molar-refractivity contribution is 9.10. The number of hydrogen-bond donors (Lipinski definition) is 1. The molecule has 0 spiro atoms. The number of esters is 1. The molecule has 25 heavy (non-hydrogen) atoms. The van der Waals surface area contributed by atoms with Crippen molar-refractivity contribution >= 4 is 33.7 Å². The second-order valence-corrected chi connectivity index (χ2v) is 7.33. The Morgan fingerprint density at radius 1 is 1.32 bits per heavy atom. The van der Waals surface area contributed by atoms with E-state index in [1.54, 1.807) is 18.2 Å². The topological polar surface area (TPSA) is 75.7 Å². The third-order valence-corrected chi connectivity index (χ3v) is 4.81. The first kappa shape index (κ1) is 19.4. The van der Waals surface area contributed by atoms with Gasteiger partial charge in [0.2, 0.25) is 5.91 Å². The Morgan fingerprint density at radius 3 is 2.64 bits per heavy atom. The molecule has 2 atom stereocenters. The van der Waals surface area contributed by atoms with E-state index in [9.17, 15) is 14.4 Å². The summed E-state index contributed by atoms with van der Waals surface area (Å²) in [6.45, 7) is 4.23. The average molecular weight is 411 g/mol. The molecule has 0 bridgehead atoms. The zero-order valence-electron chi connectivity index (χ0n) is 14.6. The summed E-state index contributed by atoms with van der Waals surface area (Å²) in [6, 6.07) is 5.71. The minimum Gasteiger partial charge on any atom is -0.467 e. The molecule has 1 unspecified atom stereocenters. The maximum Gasteiger partial charge on any atom is 0.328 e. The van der Waals surface area contributed by atoms with Crippen molar-refractivity contribution < 1.29 is 19.1 Å². The summed E-state index contributed by atoms with van der Waals surface area (Å²) in [4.78, 5) is 38.9. The van der Waals surface area contributed by atoms with Gasteiger partial charge in [-0.1, -0.05) is 35.8 Å². The van der Waals surface area contributed by atoms with Crippen LogP contribution in [0.2, 0.25) is 0 Å². The van der Waals surface area contributed by atoms with Gasteiger partial charge in [-0.25, -0.2) is 4.79 Å². The number of halogens is 1. The predicted molar refractivity (Wildman–Crippen MR) is 97.0 cm³/mol. The molecule has 1 N–H and O–H groups in total. The molecule has 1 aliphatic heterocycles. The number of ether oxygens (including phenoxy) is 1. The normalized spacial score (nSPS) is 18.1. The molecule has 2 rings (SSSR count). The van der Waals surface area contributed by atoms with Gasteiger partial charge in [0, 0.05) is 16.6 Å². The molecule has 0 aliphatic carbocycles. The van der Waals surface area contributed by atoms with Crippen LogP contribution in [-0.4, -0.2) is 48.4 Å². The molecule has 7 heteroatoms. The molecule has 6 nitrogen and oxygen atoms in total. The van der Waals surface area contributed by atoms with E-state index in [2.05, 4.69) is 21.2 Å². The first-order chi connectivity index (χ1) is 11.8. The Hall–Kier alpha value is -1.89. The van der Waals surface area contributed by atoms with Crippen LogP contribution in [0.15, 0.2) is 28.7 Å². The van der Waals surface area contributed by atoms with E-state index in [1.807, 2.05) is 19.9 Å². The lowest BCUT2D eigenvalue weighted by Gasteiger charge is -2.29. The number of likely N-dealkylation sites (tertiary alicyclic amines) is 1. The fraction of sp³-hybridized carbons (Fsp3) is 0.500. The van der Waals surface area contributed by atoms with Gasteiger partial charge in [-0.05, 0) is 37.0 Å². The van der Waals surface area contributed by atoms with Crippen LogP contribution in [0.3, 0.4) is 0 Å². The Labute approximate surface area is 156 Å². The van der Waals surface area contributed by atoms with Gasteiger partial charge in [-0.3, -0.25) is 9.59 Å². The van der Waals surface area contributed by atoms with Crippen LogP contribution < -0.4 is 5.32 Å². The van der Waals surface area contributed by atoms with Crippen LogP contribution in [-0.2, 0) is 14.3 Å². The van der Waals surface area contributed by atoms with Crippen LogP contribution in [0.4, 0.5) is 0 Å². The van der Waals surface area contributed by atoms with Crippen molar-refractivity contribution in [3.8, 4) is 0 Å². The number of amides is 2. The van der Waals surface area contributed by atoms with Crippen LogP contribution >= 0.6 is 15.9 Å². The van der Waals surface area contributed by atoms with Crippen LogP contribution in [0.1, 0.15) is 37.0 Å². The van der Waals surface area contributed by atoms with Crippen molar-refractivity contribution in [2.24, 2.45) is 5.92 Å². The lowest BCUT2D eigenvalue weighted by Crippen LogP contribution is -2.53. The zero-order chi connectivity index (χ0) is 18.6. The first-order valence-electron chi connectivity index (χ1n) is 8.30. The van der Waals surface area contributed by atoms with Gasteiger partial charge in [0.25, 0.3) is 5.91 Å². The SMILES string of the molecule is COC(=O)[C@@H]1CCCN1C(=O)C(NC(=O)c1cccc(Br)c1)C(C)C. The Kier molecular flexibility index (Phi) is 6.58. The molecule has 136 valence electrons. The van der Waals surface area contributed by atoms with Crippen LogP contribution in [0.5, 0.6) is 0 Å². The Morgan fingerprint density at radius 2 is 2.04 bits per heavy atom. The van der Waals surface area contributed by atoms with E-state index >= 15 is 0 Å². The number of carbonyl (C=O) groups is 3. The van der Waals surface area contributed by atoms with Gasteiger partial charge in [-0.2, -0.15) is 0 Å². The molecule has 1 heterocycles. The minimum atomic E-state index is -0.697. The summed E-state index contributed by atoms with van der Waals surface area (Å²) in [5, 5.41) is 2.81. The van der Waals surface area contributed by atoms with Gasteiger partial charge >= 0.3 is 5.97 Å². The maximum absolute atomic E-state index is 12.9. The van der Waals surface area contributed by atoms with Crippen LogP contribution in [0, 0.1) is 5.92 Å². The first-order valence-corrected chi connectivity index (χ1v) is 9.09. The van der Waals surface area contributed by atoms with Crippen molar-refractivity contribution in [2.75, 3.05) is 13.7 Å². The molecule has 0 saturated carbocycles. The summed E-state index contributed by atoms with van der Waals surface area (Å²) in [7, 11) is 1.32. The second-order valence-electron chi connectivity index (χ2n) is 6.42. The summed E-state index contributed by atoms with van der Waals surface area (Å²) >= 11 is 3.33. The fourth-order valence-electron chi connectivity index (χ4n) is 2.96. The molecular weight excluding hydrogens is 388 g/mol. The lowest BCUT2D eigenvalue weighted by molar-refractivity contribution is -0.151. The van der Waals surface area contributed by atoms with Crippen molar-refractivity contribution in [3.63, 3.8) is 0 Å². The van der Waals surface area contributed by atoms with Gasteiger partial charge in [0.15, 0.2) is 0 Å². The molecule has 2 amide bonds. The minimum absolute atomic E-state index is 0.109. The van der Waals surface area contributed by atoms with Gasteiger partial charge < -0.3 is 15.0 Å². The summed E-state index contributed by atoms with van der Waals surface area (Å²) in [5.41, 5.74) is 0.471. The predicted octanol–water partition coefficient (Wildman–Crippen LogP) is 2.37. The Bertz CT molecular complexity index is 662. The molecule has 1 aromatic carbocycles. The quantitative estimate of drug-likeness (QED) is 0.755. The lowest BCUT2D eigenvalue weighted by atomic mass is 10.0. The highest BCUT2D eigenvalue weighted by atomic mass is 79.9. The third-order valence-electron chi connectivity index (χ3n) is 4.32. The number of methoxy groups -OCH3 is 1. The molecule has 1 fully saturated rings. The molecule has 0 radical (unpaired) electrons. The Balaban J connectivity index is 2.15. The average Bonchev–Trinajstić information content (AvgIpc) is 3.07. The van der Waals surface area contributed by atoms with Gasteiger partial charge in [-0.15, -0.1) is 0 Å². The number of rotatable bonds is 5. The van der Waals surface area contributed by atoms with Gasteiger partial charge in [0.05, 0.1) is 7.11 Å². The van der Waals surface area contributed by atoms with Crippen LogP contribution in [0.25, 0.3) is 0 Å². The number of carbonyl (C=O) groups excluding carboxylic acids is 3. The van der Waals surface area contributed by atoms with E-state index < -0.39 is 18.1 Å². The number of benzene rings is 1. The summed E-state index contributed by atoms with van der Waals surface area (Å²) in [5.74, 6) is -1.08. The smallest absolute Gasteiger partial charge is 0.328 e. The van der Waals surface area contributed by atoms with E-state index in [0.717, 1.165) is 10.9 Å². The monoisotopic (exact) mass is 410 g/mol. The standard InChI is InChI=1S/C18H23BrN2O4/c1-11(2)15(20-16(22)12-6-4-7-13(19)10-12)17(23)21-9-5-8-14(21)18(24)25-3/h4,6-7,10-11,14-15H,5,8-9H2,1-3H3,(H,20,22)/t14-,15?/m0/s1. The number of nitrogens with one attached hydrogen (secondary N) is 1. The fourth-order valence-corrected chi connectivity index (χ4v) is 3.36. The highest BCUT2D eigenvalue weighted by Crippen LogP contribution is 2.21. The van der Waals surface area contributed by atoms with E-state index in [4.69, 9.17) is 4.74 Å². The third kappa shape index (κ3) is 4.60. The maximum atomic E-state index is 12.9. The van der Waals surface area contributed by atoms with Crippen molar-refractivity contribution in [1.82, 2.24) is 10.2 Å². The van der Waals surface area contributed by atoms with Crippen molar-refractivity contribution in [1.29, 1.82) is 0 Å². The highest BCUT2D eigenvalue weighted by Gasteiger charge is 2.39. The van der Waals surface area contributed by atoms with Gasteiger partial charge in [0.1, 0.15) is 12.1 Å². The van der Waals surface area contributed by atoms with E-state index in [-0.39, 0.29) is 17.7 Å². The molecule has 0 aromatic heterocycles. The number of nitrogens with zero attached hydrogens (tertiary/aromatic N) is 1. The molecule has 1 saturated heterocycles. The summed E-state index contributed by atoms with van der Waals surface area (Å²) < 4.78 is 5.58. The molecular formula is C18H23BrN2O4. The van der Waals surface area contributed by atoms with E-state index in [1.165, 1.54) is 12.0 Å². The second kappa shape index (κ2) is 8.47. The summed E-state index contributed by atoms with van der Waals surface area (Å²) in [6.07, 6.45) is 1.33. The molecule has 1 aliphatic rings. The van der Waals surface area contributed by atoms with Crippen molar-refractivity contribution in [3.05, 3.63) is 34.3 Å². The molecule has 1 aromatic rings. The largest absolute Gasteiger partial charge is 0.467 e. The zero-order valence-corrected chi connectivity index (χ0v) is 16.2. The van der Waals surface area contributed by atoms with Crippen molar-refractivity contribution in [2.45, 2.75) is 38.8 Å². The number of hydrogen-bond acceptors (Lipinski definition) is 4.